The first kappa shape index (κ1) is 20.0. The maximum absolute atomic E-state index is 11.2. The number of nitrogens with zero attached hydrogens (tertiary/aromatic N) is 3. The molecule has 7 heteroatoms. The van der Waals surface area contributed by atoms with E-state index in [0.717, 1.165) is 57.7 Å². The Hall–Kier alpha value is -2.05. The van der Waals surface area contributed by atoms with Crippen molar-refractivity contribution >= 4 is 11.9 Å². The number of nitrogens with one attached hydrogen (secondary N) is 2. The largest absolute Gasteiger partial charge is 0.466 e. The summed E-state index contributed by atoms with van der Waals surface area (Å²) in [6, 6.07) is 1.93. The smallest absolute Gasteiger partial charge is 0.305 e. The van der Waals surface area contributed by atoms with Crippen LogP contribution in [0.4, 0.5) is 0 Å². The van der Waals surface area contributed by atoms with Gasteiger partial charge in [-0.2, -0.15) is 5.10 Å². The van der Waals surface area contributed by atoms with Gasteiger partial charge in [0.25, 0.3) is 0 Å². The number of hydrogen-bond acceptors (Lipinski definition) is 4. The van der Waals surface area contributed by atoms with Crippen molar-refractivity contribution in [3.63, 3.8) is 0 Å². The van der Waals surface area contributed by atoms with Crippen LogP contribution in [-0.2, 0) is 16.1 Å². The molecular weight excluding hydrogens is 306 g/mol. The SMILES string of the molecule is CCOC(=O)CCCCCCNC(=NC)NCCCn1cccn1. The molecule has 1 rings (SSSR count). The second-order valence-corrected chi connectivity index (χ2v) is 5.52. The molecular formula is C17H31N5O2. The summed E-state index contributed by atoms with van der Waals surface area (Å²) in [7, 11) is 1.78. The van der Waals surface area contributed by atoms with Crippen LogP contribution in [0.15, 0.2) is 23.5 Å². The highest BCUT2D eigenvalue weighted by molar-refractivity contribution is 5.79. The third-order valence-corrected chi connectivity index (χ3v) is 3.54. The van der Waals surface area contributed by atoms with E-state index >= 15 is 0 Å². The minimum absolute atomic E-state index is 0.0876. The van der Waals surface area contributed by atoms with Gasteiger partial charge in [0.1, 0.15) is 0 Å². The lowest BCUT2D eigenvalue weighted by Gasteiger charge is -2.11. The lowest BCUT2D eigenvalue weighted by molar-refractivity contribution is -0.143. The van der Waals surface area contributed by atoms with Crippen molar-refractivity contribution in [3.8, 4) is 0 Å². The summed E-state index contributed by atoms with van der Waals surface area (Å²) in [5, 5.41) is 10.8. The average molecular weight is 337 g/mol. The topological polar surface area (TPSA) is 80.5 Å². The molecule has 0 unspecified atom stereocenters. The first-order valence-electron chi connectivity index (χ1n) is 8.83. The van der Waals surface area contributed by atoms with E-state index in [4.69, 9.17) is 4.74 Å². The molecule has 0 fully saturated rings. The molecule has 24 heavy (non-hydrogen) atoms. The number of aryl methyl sites for hydroxylation is 1. The second-order valence-electron chi connectivity index (χ2n) is 5.52. The van der Waals surface area contributed by atoms with Gasteiger partial charge in [0.2, 0.25) is 0 Å². The summed E-state index contributed by atoms with van der Waals surface area (Å²) in [4.78, 5) is 15.4. The number of hydrogen-bond donors (Lipinski definition) is 2. The van der Waals surface area contributed by atoms with Crippen LogP contribution in [0.3, 0.4) is 0 Å². The number of carbonyl (C=O) groups excluding carboxylic acids is 1. The molecule has 1 aromatic rings. The molecule has 0 aromatic carbocycles. The molecule has 0 aliphatic heterocycles. The second kappa shape index (κ2) is 13.4. The Labute approximate surface area is 144 Å². The molecule has 0 atom stereocenters. The van der Waals surface area contributed by atoms with Crippen LogP contribution in [-0.4, -0.2) is 48.5 Å². The molecule has 136 valence electrons. The first-order chi connectivity index (χ1) is 11.8. The number of carbonyl (C=O) groups is 1. The fourth-order valence-corrected chi connectivity index (χ4v) is 2.29. The molecule has 2 N–H and O–H groups in total. The van der Waals surface area contributed by atoms with Crippen LogP contribution < -0.4 is 10.6 Å². The van der Waals surface area contributed by atoms with Gasteiger partial charge < -0.3 is 15.4 Å². The van der Waals surface area contributed by atoms with Gasteiger partial charge in [-0.15, -0.1) is 0 Å². The Morgan fingerprint density at radius 1 is 1.17 bits per heavy atom. The van der Waals surface area contributed by atoms with Crippen molar-refractivity contribution in [3.05, 3.63) is 18.5 Å². The van der Waals surface area contributed by atoms with E-state index in [2.05, 4.69) is 20.7 Å². The van der Waals surface area contributed by atoms with E-state index in [1.54, 1.807) is 13.2 Å². The first-order valence-corrected chi connectivity index (χ1v) is 8.83. The Balaban J connectivity index is 1.95. The van der Waals surface area contributed by atoms with Gasteiger partial charge in [0.05, 0.1) is 6.61 Å². The molecule has 0 saturated carbocycles. The molecule has 0 amide bonds. The summed E-state index contributed by atoms with van der Waals surface area (Å²) < 4.78 is 6.83. The maximum atomic E-state index is 11.2. The van der Waals surface area contributed by atoms with Crippen molar-refractivity contribution in [2.24, 2.45) is 4.99 Å². The zero-order chi connectivity index (χ0) is 17.5. The number of unbranched alkanes of at least 4 members (excludes halogenated alkanes) is 3. The minimum Gasteiger partial charge on any atom is -0.466 e. The Kier molecular flexibility index (Phi) is 11.2. The van der Waals surface area contributed by atoms with E-state index in [1.165, 1.54) is 0 Å². The molecule has 7 nitrogen and oxygen atoms in total. The van der Waals surface area contributed by atoms with Crippen molar-refractivity contribution in [1.82, 2.24) is 20.4 Å². The van der Waals surface area contributed by atoms with Gasteiger partial charge in [-0.25, -0.2) is 0 Å². The van der Waals surface area contributed by atoms with Gasteiger partial charge >= 0.3 is 5.97 Å². The summed E-state index contributed by atoms with van der Waals surface area (Å²) >= 11 is 0. The van der Waals surface area contributed by atoms with Crippen molar-refractivity contribution in [2.75, 3.05) is 26.7 Å². The standard InChI is InChI=1S/C17H31N5O2/c1-3-24-16(23)10-6-4-5-7-11-19-17(18-2)20-12-8-14-22-15-9-13-21-22/h9,13,15H,3-8,10-12,14H2,1-2H3,(H2,18,19,20). The number of esters is 1. The van der Waals surface area contributed by atoms with Crippen molar-refractivity contribution < 1.29 is 9.53 Å². The predicted molar refractivity (Wildman–Crippen MR) is 95.9 cm³/mol. The van der Waals surface area contributed by atoms with E-state index in [-0.39, 0.29) is 5.97 Å². The van der Waals surface area contributed by atoms with E-state index < -0.39 is 0 Å². The molecule has 0 saturated heterocycles. The van der Waals surface area contributed by atoms with Crippen LogP contribution in [0.2, 0.25) is 0 Å². The minimum atomic E-state index is -0.0876. The van der Waals surface area contributed by atoms with Crippen LogP contribution in [0, 0.1) is 0 Å². The maximum Gasteiger partial charge on any atom is 0.305 e. The van der Waals surface area contributed by atoms with E-state index in [0.29, 0.717) is 13.0 Å². The molecule has 1 heterocycles. The Morgan fingerprint density at radius 2 is 1.92 bits per heavy atom. The lowest BCUT2D eigenvalue weighted by atomic mass is 10.1. The van der Waals surface area contributed by atoms with Gasteiger partial charge in [-0.3, -0.25) is 14.5 Å². The highest BCUT2D eigenvalue weighted by atomic mass is 16.5. The summed E-state index contributed by atoms with van der Waals surface area (Å²) in [5.41, 5.74) is 0. The normalized spacial score (nSPS) is 11.3. The molecule has 0 bridgehead atoms. The van der Waals surface area contributed by atoms with E-state index in [9.17, 15) is 4.79 Å². The Morgan fingerprint density at radius 3 is 2.58 bits per heavy atom. The highest BCUT2D eigenvalue weighted by Crippen LogP contribution is 2.03. The predicted octanol–water partition coefficient (Wildman–Crippen LogP) is 1.95. The van der Waals surface area contributed by atoms with Gasteiger partial charge in [0.15, 0.2) is 5.96 Å². The van der Waals surface area contributed by atoms with Crippen LogP contribution in [0.5, 0.6) is 0 Å². The number of ether oxygens (including phenoxy) is 1. The number of aromatic nitrogens is 2. The van der Waals surface area contributed by atoms with Gasteiger partial charge in [0, 0.05) is 45.5 Å². The van der Waals surface area contributed by atoms with Gasteiger partial charge in [-0.05, 0) is 32.3 Å². The summed E-state index contributed by atoms with van der Waals surface area (Å²) in [5.74, 6) is 0.748. The molecule has 0 spiro atoms. The average Bonchev–Trinajstić information content (AvgIpc) is 3.09. The van der Waals surface area contributed by atoms with Crippen LogP contribution >= 0.6 is 0 Å². The molecule has 0 aliphatic carbocycles. The number of rotatable bonds is 12. The lowest BCUT2D eigenvalue weighted by Crippen LogP contribution is -2.38. The van der Waals surface area contributed by atoms with Crippen molar-refractivity contribution in [2.45, 2.75) is 52.0 Å². The molecule has 0 radical (unpaired) electrons. The van der Waals surface area contributed by atoms with Crippen LogP contribution in [0.1, 0.15) is 45.4 Å². The van der Waals surface area contributed by atoms with Gasteiger partial charge in [-0.1, -0.05) is 12.8 Å². The summed E-state index contributed by atoms with van der Waals surface area (Å²) in [6.45, 7) is 4.95. The fraction of sp³-hybridized carbons (Fsp3) is 0.706. The zero-order valence-corrected chi connectivity index (χ0v) is 15.0. The molecule has 0 aliphatic rings. The monoisotopic (exact) mass is 337 g/mol. The van der Waals surface area contributed by atoms with Crippen molar-refractivity contribution in [1.29, 1.82) is 0 Å². The number of guanidine groups is 1. The number of aliphatic imine (C=N–C) groups is 1. The third-order valence-electron chi connectivity index (χ3n) is 3.54. The van der Waals surface area contributed by atoms with Crippen LogP contribution in [0.25, 0.3) is 0 Å². The third kappa shape index (κ3) is 9.86. The zero-order valence-electron chi connectivity index (χ0n) is 15.0. The fourth-order valence-electron chi connectivity index (χ4n) is 2.29. The Bertz CT molecular complexity index is 460. The van der Waals surface area contributed by atoms with E-state index in [1.807, 2.05) is 23.9 Å². The molecule has 1 aromatic heterocycles. The summed E-state index contributed by atoms with van der Waals surface area (Å²) in [6.07, 6.45) is 9.40. The quantitative estimate of drug-likeness (QED) is 0.264. The highest BCUT2D eigenvalue weighted by Gasteiger charge is 2.01.